The average molecular weight is 378 g/mol. The summed E-state index contributed by atoms with van der Waals surface area (Å²) in [5.41, 5.74) is -0.654. The molecule has 1 atom stereocenters. The largest absolute Gasteiger partial charge is 0.481 e. The Morgan fingerprint density at radius 2 is 2.21 bits per heavy atom. The third kappa shape index (κ3) is 3.79. The van der Waals surface area contributed by atoms with Crippen molar-refractivity contribution in [3.63, 3.8) is 0 Å². The average Bonchev–Trinajstić information content (AvgIpc) is 2.36. The van der Waals surface area contributed by atoms with E-state index in [-0.39, 0.29) is 12.2 Å². The van der Waals surface area contributed by atoms with Crippen LogP contribution in [0.25, 0.3) is 0 Å². The van der Waals surface area contributed by atoms with Crippen molar-refractivity contribution in [3.05, 3.63) is 31.9 Å². The van der Waals surface area contributed by atoms with Gasteiger partial charge in [0.1, 0.15) is 5.69 Å². The molecule has 0 amide bonds. The number of carboxylic acid groups (broad SMARTS) is 1. The molecule has 0 aliphatic carbocycles. The highest BCUT2D eigenvalue weighted by Crippen LogP contribution is 2.29. The van der Waals surface area contributed by atoms with Crippen molar-refractivity contribution in [2.45, 2.75) is 20.3 Å². The summed E-state index contributed by atoms with van der Waals surface area (Å²) in [7, 11) is 0. The lowest BCUT2D eigenvalue weighted by Gasteiger charge is -2.23. The molecule has 0 bridgehead atoms. The Morgan fingerprint density at radius 3 is 2.68 bits per heavy atom. The molecule has 104 valence electrons. The van der Waals surface area contributed by atoms with Crippen LogP contribution in [0.2, 0.25) is 0 Å². The second kappa shape index (κ2) is 6.18. The highest BCUT2D eigenvalue weighted by atomic mass is 127. The number of benzene rings is 1. The van der Waals surface area contributed by atoms with Crippen molar-refractivity contribution in [2.75, 3.05) is 11.9 Å². The Labute approximate surface area is 124 Å². The first-order valence-corrected chi connectivity index (χ1v) is 6.79. The molecule has 0 fully saturated rings. The van der Waals surface area contributed by atoms with Crippen molar-refractivity contribution in [1.82, 2.24) is 0 Å². The van der Waals surface area contributed by atoms with Gasteiger partial charge >= 0.3 is 5.97 Å². The van der Waals surface area contributed by atoms with Gasteiger partial charge in [-0.1, -0.05) is 6.92 Å². The van der Waals surface area contributed by atoms with E-state index in [9.17, 15) is 14.9 Å². The summed E-state index contributed by atoms with van der Waals surface area (Å²) in [5.74, 6) is -0.921. The fourth-order valence-electron chi connectivity index (χ4n) is 1.45. The summed E-state index contributed by atoms with van der Waals surface area (Å²) in [6, 6.07) is 4.78. The molecule has 1 aromatic rings. The van der Waals surface area contributed by atoms with Gasteiger partial charge in [-0.15, -0.1) is 0 Å². The van der Waals surface area contributed by atoms with Gasteiger partial charge < -0.3 is 10.4 Å². The molecule has 1 aromatic carbocycles. The Balaban J connectivity index is 2.95. The number of carboxylic acids is 1. The van der Waals surface area contributed by atoms with Crippen LogP contribution in [0, 0.1) is 19.1 Å². The molecule has 0 heterocycles. The third-order valence-corrected chi connectivity index (χ3v) is 3.79. The lowest BCUT2D eigenvalue weighted by atomic mass is 9.87. The van der Waals surface area contributed by atoms with Gasteiger partial charge in [-0.05, 0) is 48.1 Å². The second-order valence-electron chi connectivity index (χ2n) is 4.49. The minimum Gasteiger partial charge on any atom is -0.481 e. The Morgan fingerprint density at radius 1 is 1.58 bits per heavy atom. The maximum atomic E-state index is 11.2. The molecule has 2 N–H and O–H groups in total. The smallest absolute Gasteiger partial charge is 0.311 e. The van der Waals surface area contributed by atoms with Gasteiger partial charge in [0.2, 0.25) is 0 Å². The summed E-state index contributed by atoms with van der Waals surface area (Å²) in [4.78, 5) is 21.6. The van der Waals surface area contributed by atoms with Gasteiger partial charge in [-0.25, -0.2) is 0 Å². The Kier molecular flexibility index (Phi) is 5.10. The summed E-state index contributed by atoms with van der Waals surface area (Å²) in [5, 5.41) is 23.0. The molecule has 0 spiro atoms. The number of nitrogens with zero attached hydrogens (tertiary/aromatic N) is 1. The molecule has 0 aliphatic heterocycles. The van der Waals surface area contributed by atoms with Gasteiger partial charge in [-0.2, -0.15) is 0 Å². The normalized spacial score (nSPS) is 13.6. The molecular weight excluding hydrogens is 363 g/mol. The minimum atomic E-state index is -0.948. The van der Waals surface area contributed by atoms with E-state index in [0.29, 0.717) is 12.1 Å². The van der Waals surface area contributed by atoms with Crippen LogP contribution < -0.4 is 5.32 Å². The number of rotatable bonds is 6. The Hall–Kier alpha value is -1.38. The molecule has 19 heavy (non-hydrogen) atoms. The maximum Gasteiger partial charge on any atom is 0.311 e. The van der Waals surface area contributed by atoms with Gasteiger partial charge in [-0.3, -0.25) is 14.9 Å². The first kappa shape index (κ1) is 15.7. The number of hydrogen-bond acceptors (Lipinski definition) is 4. The lowest BCUT2D eigenvalue weighted by molar-refractivity contribution is -0.384. The van der Waals surface area contributed by atoms with Gasteiger partial charge in [0.25, 0.3) is 5.69 Å². The lowest BCUT2D eigenvalue weighted by Crippen LogP contribution is -2.34. The van der Waals surface area contributed by atoms with E-state index < -0.39 is 16.3 Å². The topological polar surface area (TPSA) is 92.5 Å². The van der Waals surface area contributed by atoms with Crippen LogP contribution in [-0.2, 0) is 4.79 Å². The monoisotopic (exact) mass is 378 g/mol. The van der Waals surface area contributed by atoms with E-state index in [1.807, 2.05) is 22.6 Å². The van der Waals surface area contributed by atoms with Crippen LogP contribution in [0.4, 0.5) is 11.4 Å². The van der Waals surface area contributed by atoms with E-state index in [4.69, 9.17) is 5.11 Å². The van der Waals surface area contributed by atoms with Crippen LogP contribution >= 0.6 is 22.6 Å². The number of hydrogen-bond donors (Lipinski definition) is 2. The number of nitrogens with one attached hydrogen (secondary N) is 1. The molecule has 1 unspecified atom stereocenters. The van der Waals surface area contributed by atoms with E-state index in [1.54, 1.807) is 26.0 Å². The molecule has 0 aliphatic rings. The van der Waals surface area contributed by atoms with Gasteiger partial charge in [0, 0.05) is 16.2 Å². The quantitative estimate of drug-likeness (QED) is 0.451. The van der Waals surface area contributed by atoms with E-state index in [2.05, 4.69) is 5.32 Å². The fourth-order valence-corrected chi connectivity index (χ4v) is 1.92. The van der Waals surface area contributed by atoms with E-state index in [0.717, 1.165) is 3.57 Å². The first-order valence-electron chi connectivity index (χ1n) is 5.71. The number of nitro groups is 1. The standard InChI is InChI=1S/C12H15IN2O4/c1-3-12(2,11(16)17)7-14-9-5-4-8(13)6-10(9)15(18)19/h4-6,14H,3,7H2,1-2H3,(H,16,17). The number of halogens is 1. The molecule has 7 heteroatoms. The van der Waals surface area contributed by atoms with Crippen LogP contribution in [-0.4, -0.2) is 22.5 Å². The predicted molar refractivity (Wildman–Crippen MR) is 80.3 cm³/mol. The molecule has 0 radical (unpaired) electrons. The van der Waals surface area contributed by atoms with E-state index >= 15 is 0 Å². The molecule has 1 rings (SSSR count). The van der Waals surface area contributed by atoms with Gasteiger partial charge in [0.15, 0.2) is 0 Å². The van der Waals surface area contributed by atoms with Crippen molar-refractivity contribution < 1.29 is 14.8 Å². The second-order valence-corrected chi connectivity index (χ2v) is 5.74. The number of aliphatic carboxylic acids is 1. The highest BCUT2D eigenvalue weighted by Gasteiger charge is 2.31. The zero-order valence-electron chi connectivity index (χ0n) is 10.6. The maximum absolute atomic E-state index is 11.2. The molecular formula is C12H15IN2O4. The summed E-state index contributed by atoms with van der Waals surface area (Å²) in [6.45, 7) is 3.53. The van der Waals surface area contributed by atoms with Crippen LogP contribution in [0.1, 0.15) is 20.3 Å². The third-order valence-electron chi connectivity index (χ3n) is 3.12. The predicted octanol–water partition coefficient (Wildman–Crippen LogP) is 3.11. The summed E-state index contributed by atoms with van der Waals surface area (Å²) >= 11 is 1.99. The van der Waals surface area contributed by atoms with Gasteiger partial charge in [0.05, 0.1) is 10.3 Å². The number of carbonyl (C=O) groups is 1. The zero-order chi connectivity index (χ0) is 14.6. The fraction of sp³-hybridized carbons (Fsp3) is 0.417. The highest BCUT2D eigenvalue weighted by molar-refractivity contribution is 14.1. The molecule has 0 aromatic heterocycles. The molecule has 6 nitrogen and oxygen atoms in total. The molecule has 0 saturated heterocycles. The summed E-state index contributed by atoms with van der Waals surface area (Å²) in [6.07, 6.45) is 0.438. The SMILES string of the molecule is CCC(C)(CNc1ccc(I)cc1[N+](=O)[O-])C(=O)O. The minimum absolute atomic E-state index is 0.0456. The van der Waals surface area contributed by atoms with Crippen LogP contribution in [0.15, 0.2) is 18.2 Å². The van der Waals surface area contributed by atoms with E-state index in [1.165, 1.54) is 6.07 Å². The van der Waals surface area contributed by atoms with Crippen molar-refractivity contribution in [2.24, 2.45) is 5.41 Å². The number of anilines is 1. The van der Waals surface area contributed by atoms with Crippen molar-refractivity contribution in [1.29, 1.82) is 0 Å². The van der Waals surface area contributed by atoms with Crippen LogP contribution in [0.3, 0.4) is 0 Å². The molecule has 0 saturated carbocycles. The zero-order valence-corrected chi connectivity index (χ0v) is 12.8. The van der Waals surface area contributed by atoms with Crippen molar-refractivity contribution in [3.8, 4) is 0 Å². The van der Waals surface area contributed by atoms with Crippen molar-refractivity contribution >= 4 is 39.9 Å². The Bertz CT molecular complexity index is 507. The first-order chi connectivity index (χ1) is 8.80. The number of nitro benzene ring substituents is 1. The summed E-state index contributed by atoms with van der Waals surface area (Å²) < 4.78 is 0.756. The van der Waals surface area contributed by atoms with Crippen LogP contribution in [0.5, 0.6) is 0 Å².